The summed E-state index contributed by atoms with van der Waals surface area (Å²) in [4.78, 5) is 23.8. The van der Waals surface area contributed by atoms with Gasteiger partial charge in [0.1, 0.15) is 12.3 Å². The van der Waals surface area contributed by atoms with Gasteiger partial charge < -0.3 is 24.2 Å². The van der Waals surface area contributed by atoms with Crippen molar-refractivity contribution in [2.24, 2.45) is 5.50 Å². The molecule has 23 heavy (non-hydrogen) atoms. The van der Waals surface area contributed by atoms with Crippen LogP contribution in [0.4, 0.5) is 0 Å². The summed E-state index contributed by atoms with van der Waals surface area (Å²) in [6.07, 6.45) is 0.176. The zero-order chi connectivity index (χ0) is 16.8. The lowest BCUT2D eigenvalue weighted by Gasteiger charge is -2.16. The van der Waals surface area contributed by atoms with Gasteiger partial charge in [-0.2, -0.15) is 16.6 Å². The average Bonchev–Trinajstić information content (AvgIpc) is 2.86. The Morgan fingerprint density at radius 2 is 2.48 bits per heavy atom. The summed E-state index contributed by atoms with van der Waals surface area (Å²) in [7, 11) is -2.01. The molecule has 1 aromatic heterocycles. The Morgan fingerprint density at radius 1 is 1.70 bits per heavy atom. The van der Waals surface area contributed by atoms with Crippen molar-refractivity contribution in [3.8, 4) is 6.07 Å². The van der Waals surface area contributed by atoms with E-state index in [2.05, 4.69) is 4.98 Å². The topological polar surface area (TPSA) is 147 Å². The molecular weight excluding hydrogens is 343 g/mol. The van der Waals surface area contributed by atoms with E-state index < -0.39 is 27.0 Å². The number of nitrogens with two attached hydrogens (primary N) is 1. The Hall–Kier alpha value is -1.05. The number of ether oxygens (including phenoxy) is 1. The number of hydrogen-bond acceptors (Lipinski definition) is 7. The molecule has 1 aromatic rings. The number of hydrogen-bond donors (Lipinski definition) is 5. The van der Waals surface area contributed by atoms with Gasteiger partial charge in [-0.15, -0.1) is 0 Å². The number of thiol groups is 1. The van der Waals surface area contributed by atoms with Crippen LogP contribution in [0.15, 0.2) is 17.1 Å². The zero-order valence-electron chi connectivity index (χ0n) is 12.2. The lowest BCUT2D eigenvalue weighted by atomic mass is 10.2. The van der Waals surface area contributed by atoms with Gasteiger partial charge in [0.2, 0.25) is 8.53 Å². The van der Waals surface area contributed by atoms with Gasteiger partial charge in [0.25, 0.3) is 0 Å². The first-order valence-electron chi connectivity index (χ1n) is 6.90. The van der Waals surface area contributed by atoms with Crippen molar-refractivity contribution in [2.45, 2.75) is 31.3 Å². The van der Waals surface area contributed by atoms with Crippen molar-refractivity contribution in [3.63, 3.8) is 0 Å². The number of rotatable bonds is 6. The molecule has 0 radical (unpaired) electrons. The molecule has 2 heterocycles. The van der Waals surface area contributed by atoms with E-state index in [4.69, 9.17) is 24.9 Å². The number of nitriles is 1. The third-order valence-corrected chi connectivity index (χ3v) is 4.72. The second-order valence-corrected chi connectivity index (χ2v) is 6.97. The van der Waals surface area contributed by atoms with E-state index in [1.807, 2.05) is 6.07 Å². The van der Waals surface area contributed by atoms with E-state index in [1.54, 1.807) is 12.3 Å². The summed E-state index contributed by atoms with van der Waals surface area (Å²) in [6, 6.07) is 3.79. The number of aromatic amines is 1. The highest BCUT2D eigenvalue weighted by atomic mass is 32.1. The molecule has 0 spiro atoms. The molecule has 11 heteroatoms. The van der Waals surface area contributed by atoms with Gasteiger partial charge in [0.15, 0.2) is 0 Å². The Morgan fingerprint density at radius 3 is 3.13 bits per heavy atom. The Balaban J connectivity index is 2.07. The summed E-state index contributed by atoms with van der Waals surface area (Å²) >= 11 is 0.871. The van der Waals surface area contributed by atoms with E-state index in [9.17, 15) is 9.90 Å². The molecule has 4 atom stereocenters. The van der Waals surface area contributed by atoms with Crippen molar-refractivity contribution in [1.82, 2.24) is 9.55 Å². The van der Waals surface area contributed by atoms with Gasteiger partial charge in [0.05, 0.1) is 23.4 Å². The van der Waals surface area contributed by atoms with Gasteiger partial charge in [0, 0.05) is 24.8 Å². The van der Waals surface area contributed by atoms with Crippen LogP contribution >= 0.6 is 19.9 Å². The van der Waals surface area contributed by atoms with E-state index in [1.165, 1.54) is 4.57 Å². The normalized spacial score (nSPS) is 26.5. The monoisotopic (exact) mass is 362 g/mol. The molecule has 0 amide bonds. The number of aromatic nitrogens is 2. The quantitative estimate of drug-likeness (QED) is 0.206. The predicted octanol–water partition coefficient (Wildman–Crippen LogP) is -0.0695. The van der Waals surface area contributed by atoms with Gasteiger partial charge in [-0.3, -0.25) is 10.1 Å². The molecule has 0 aromatic carbocycles. The van der Waals surface area contributed by atoms with Crippen molar-refractivity contribution in [2.75, 3.05) is 12.4 Å². The molecule has 2 rings (SSSR count). The predicted molar refractivity (Wildman–Crippen MR) is 86.2 cm³/mol. The summed E-state index contributed by atoms with van der Waals surface area (Å²) in [5.41, 5.74) is 4.78. The molecule has 128 valence electrons. The molecule has 0 saturated carbocycles. The van der Waals surface area contributed by atoms with Crippen molar-refractivity contribution in [1.29, 1.82) is 5.26 Å². The van der Waals surface area contributed by atoms with Crippen LogP contribution < -0.4 is 11.2 Å². The molecule has 1 saturated heterocycles. The number of nitrogens with zero attached hydrogens (tertiary/aromatic N) is 2. The first kappa shape index (κ1) is 18.3. The summed E-state index contributed by atoms with van der Waals surface area (Å²) in [5, 5.41) is 18.5. The first-order chi connectivity index (χ1) is 11.0. The van der Waals surface area contributed by atoms with Crippen LogP contribution in [-0.4, -0.2) is 44.1 Å². The maximum absolute atomic E-state index is 12.1. The second kappa shape index (κ2) is 8.70. The van der Waals surface area contributed by atoms with Gasteiger partial charge in [-0.1, -0.05) is 0 Å². The molecule has 0 aliphatic carbocycles. The second-order valence-electron chi connectivity index (χ2n) is 4.86. The van der Waals surface area contributed by atoms with Gasteiger partial charge in [-0.05, 0) is 6.07 Å². The molecule has 0 bridgehead atoms. The molecule has 1 aliphatic rings. The minimum atomic E-state index is -2.01. The standard InChI is InChI=1S/C12H19N4O5PS/c13-3-1-5-23-10-2-4-16(12(18)15-10)11-6-8(17)9(21-11)7-20-22(14)19/h2,4,8-9,11,17,19,23H,1,5-7,14H2,(H,15,18)/t8-,9+,11+,22?/m0/s1. The van der Waals surface area contributed by atoms with Crippen LogP contribution in [-0.2, 0) is 9.26 Å². The molecular formula is C12H19N4O5PS. The number of aliphatic hydroxyl groups excluding tert-OH is 1. The number of H-pyrrole nitrogens is 1. The lowest BCUT2D eigenvalue weighted by Crippen LogP contribution is -2.28. The third-order valence-electron chi connectivity index (χ3n) is 3.25. The third kappa shape index (κ3) is 5.22. The smallest absolute Gasteiger partial charge is 0.328 e. The van der Waals surface area contributed by atoms with Crippen LogP contribution in [0.5, 0.6) is 0 Å². The van der Waals surface area contributed by atoms with Crippen molar-refractivity contribution < 1.29 is 19.3 Å². The van der Waals surface area contributed by atoms with Crippen LogP contribution in [0.25, 0.3) is 0 Å². The number of nitrogens with one attached hydrogen (secondary N) is 1. The Kier molecular flexibility index (Phi) is 6.92. The van der Waals surface area contributed by atoms with Crippen LogP contribution in [0.3, 0.4) is 0 Å². The minimum Gasteiger partial charge on any atom is -0.390 e. The highest BCUT2D eigenvalue weighted by Crippen LogP contribution is 2.30. The van der Waals surface area contributed by atoms with E-state index in [-0.39, 0.29) is 18.7 Å². The van der Waals surface area contributed by atoms with Gasteiger partial charge >= 0.3 is 5.69 Å². The molecule has 1 unspecified atom stereocenters. The Labute approximate surface area is 137 Å². The molecule has 5 N–H and O–H groups in total. The lowest BCUT2D eigenvalue weighted by molar-refractivity contribution is -0.0406. The SMILES string of the molecule is N#CCC[SH]=c1ccn([C@H]2C[C@H](O)[C@@H](COP(N)O)O2)c(=O)[nH]1. The minimum absolute atomic E-state index is 0.0420. The average molecular weight is 362 g/mol. The summed E-state index contributed by atoms with van der Waals surface area (Å²) in [5.74, 6) is 0.651. The highest BCUT2D eigenvalue weighted by Gasteiger charge is 2.35. The fourth-order valence-corrected chi connectivity index (χ4v) is 3.26. The highest BCUT2D eigenvalue weighted by molar-refractivity contribution is 7.91. The van der Waals surface area contributed by atoms with Crippen molar-refractivity contribution in [3.05, 3.63) is 27.4 Å². The maximum Gasteiger partial charge on any atom is 0.328 e. The van der Waals surface area contributed by atoms with E-state index >= 15 is 0 Å². The van der Waals surface area contributed by atoms with Gasteiger partial charge in [-0.25, -0.2) is 4.79 Å². The fourth-order valence-electron chi connectivity index (χ4n) is 2.17. The van der Waals surface area contributed by atoms with E-state index in [0.29, 0.717) is 16.8 Å². The van der Waals surface area contributed by atoms with Crippen LogP contribution in [0.1, 0.15) is 19.1 Å². The number of aliphatic hydroxyl groups is 1. The van der Waals surface area contributed by atoms with Crippen LogP contribution in [0.2, 0.25) is 0 Å². The fraction of sp³-hybridized carbons (Fsp3) is 0.583. The van der Waals surface area contributed by atoms with Crippen LogP contribution in [0, 0.1) is 16.0 Å². The summed E-state index contributed by atoms with van der Waals surface area (Å²) < 4.78 is 12.5. The Bertz CT molecular complexity index is 685. The zero-order valence-corrected chi connectivity index (χ0v) is 14.0. The largest absolute Gasteiger partial charge is 0.390 e. The molecule has 1 aliphatic heterocycles. The first-order valence-corrected chi connectivity index (χ1v) is 9.26. The molecule has 9 nitrogen and oxygen atoms in total. The van der Waals surface area contributed by atoms with Crippen molar-refractivity contribution >= 4 is 19.9 Å². The molecule has 1 fully saturated rings. The van der Waals surface area contributed by atoms with E-state index in [0.717, 1.165) is 11.4 Å². The summed E-state index contributed by atoms with van der Waals surface area (Å²) in [6.45, 7) is -0.0420. The maximum atomic E-state index is 12.1.